The van der Waals surface area contributed by atoms with Crippen LogP contribution >= 0.6 is 0 Å². The number of benzene rings is 1. The van der Waals surface area contributed by atoms with E-state index >= 15 is 0 Å². The van der Waals surface area contributed by atoms with Crippen LogP contribution in [0.25, 0.3) is 10.9 Å². The lowest BCUT2D eigenvalue weighted by Gasteiger charge is -2.37. The van der Waals surface area contributed by atoms with E-state index in [9.17, 15) is 5.11 Å². The Morgan fingerprint density at radius 2 is 2.05 bits per heavy atom. The van der Waals surface area contributed by atoms with Crippen molar-refractivity contribution < 1.29 is 5.11 Å². The predicted octanol–water partition coefficient (Wildman–Crippen LogP) is 3.21. The van der Waals surface area contributed by atoms with Crippen molar-refractivity contribution >= 4 is 16.6 Å². The maximum Gasteiger partial charge on any atom is 0.0854 e. The van der Waals surface area contributed by atoms with Crippen LogP contribution in [0, 0.1) is 11.8 Å². The molecule has 1 saturated heterocycles. The maximum atomic E-state index is 9.43. The lowest BCUT2D eigenvalue weighted by Crippen LogP contribution is -2.38. The van der Waals surface area contributed by atoms with Crippen LogP contribution in [0.2, 0.25) is 0 Å². The summed E-state index contributed by atoms with van der Waals surface area (Å²) in [5, 5.41) is 10.6. The number of hydrogen-bond acceptors (Lipinski definition) is 3. The number of pyridine rings is 1. The summed E-state index contributed by atoms with van der Waals surface area (Å²) in [6.45, 7) is 6.83. The minimum absolute atomic E-state index is 0.00235. The van der Waals surface area contributed by atoms with Gasteiger partial charge in [0.15, 0.2) is 0 Å². The molecule has 0 aliphatic carbocycles. The number of aromatic nitrogens is 1. The molecule has 3 heteroatoms. The van der Waals surface area contributed by atoms with Gasteiger partial charge in [0, 0.05) is 24.2 Å². The van der Waals surface area contributed by atoms with Crippen molar-refractivity contribution in [2.24, 2.45) is 11.8 Å². The lowest BCUT2D eigenvalue weighted by molar-refractivity contribution is 0.277. The Bertz CT molecular complexity index is 611. The first-order chi connectivity index (χ1) is 9.69. The van der Waals surface area contributed by atoms with Crippen LogP contribution in [-0.4, -0.2) is 23.2 Å². The van der Waals surface area contributed by atoms with Crippen LogP contribution in [-0.2, 0) is 6.61 Å². The monoisotopic (exact) mass is 270 g/mol. The van der Waals surface area contributed by atoms with Gasteiger partial charge in [0.2, 0.25) is 0 Å². The molecule has 0 amide bonds. The van der Waals surface area contributed by atoms with Crippen LogP contribution in [0.4, 0.5) is 5.69 Å². The number of nitrogens with zero attached hydrogens (tertiary/aromatic N) is 2. The summed E-state index contributed by atoms with van der Waals surface area (Å²) in [5.41, 5.74) is 2.95. The molecule has 0 bridgehead atoms. The standard InChI is InChI=1S/C17H22N2O/c1-12-7-8-19(10-13(12)2)17-9-14(11-20)18-16-6-4-3-5-15(16)17/h3-6,9,12-13,20H,7-8,10-11H2,1-2H3. The summed E-state index contributed by atoms with van der Waals surface area (Å²) >= 11 is 0. The number of para-hydroxylation sites is 1. The Morgan fingerprint density at radius 1 is 1.25 bits per heavy atom. The average molecular weight is 270 g/mol. The molecule has 20 heavy (non-hydrogen) atoms. The van der Waals surface area contributed by atoms with Gasteiger partial charge in [-0.15, -0.1) is 0 Å². The zero-order chi connectivity index (χ0) is 14.1. The van der Waals surface area contributed by atoms with Gasteiger partial charge in [-0.3, -0.25) is 4.98 Å². The van der Waals surface area contributed by atoms with Gasteiger partial charge in [0.1, 0.15) is 0 Å². The van der Waals surface area contributed by atoms with Crippen LogP contribution in [0.5, 0.6) is 0 Å². The highest BCUT2D eigenvalue weighted by Crippen LogP contribution is 2.32. The summed E-state index contributed by atoms with van der Waals surface area (Å²) in [4.78, 5) is 6.96. The molecule has 1 fully saturated rings. The molecule has 2 atom stereocenters. The third kappa shape index (κ3) is 2.38. The number of rotatable bonds is 2. The number of aliphatic hydroxyl groups excluding tert-OH is 1. The maximum absolute atomic E-state index is 9.43. The highest BCUT2D eigenvalue weighted by molar-refractivity contribution is 5.92. The normalized spacial score (nSPS) is 23.2. The SMILES string of the molecule is CC1CCN(c2cc(CO)nc3ccccc23)CC1C. The Labute approximate surface area is 120 Å². The molecule has 106 valence electrons. The van der Waals surface area contributed by atoms with E-state index in [1.165, 1.54) is 17.5 Å². The Balaban J connectivity index is 2.05. The summed E-state index contributed by atoms with van der Waals surface area (Å²) in [6.07, 6.45) is 1.23. The molecular formula is C17H22N2O. The minimum atomic E-state index is -0.00235. The lowest BCUT2D eigenvalue weighted by atomic mass is 9.88. The zero-order valence-corrected chi connectivity index (χ0v) is 12.2. The van der Waals surface area contributed by atoms with Gasteiger partial charge in [-0.2, -0.15) is 0 Å². The van der Waals surface area contributed by atoms with E-state index in [0.717, 1.165) is 30.2 Å². The summed E-state index contributed by atoms with van der Waals surface area (Å²) in [7, 11) is 0. The van der Waals surface area contributed by atoms with E-state index in [2.05, 4.69) is 35.9 Å². The number of piperidine rings is 1. The van der Waals surface area contributed by atoms with Crippen molar-refractivity contribution in [3.8, 4) is 0 Å². The van der Waals surface area contributed by atoms with Crippen molar-refractivity contribution in [1.82, 2.24) is 4.98 Å². The molecule has 0 spiro atoms. The highest BCUT2D eigenvalue weighted by atomic mass is 16.3. The molecule has 3 nitrogen and oxygen atoms in total. The fourth-order valence-corrected chi connectivity index (χ4v) is 3.03. The molecule has 1 N–H and O–H groups in total. The molecular weight excluding hydrogens is 248 g/mol. The van der Waals surface area contributed by atoms with Gasteiger partial charge in [0.05, 0.1) is 17.8 Å². The van der Waals surface area contributed by atoms with Crippen LogP contribution in [0.3, 0.4) is 0 Å². The molecule has 0 radical (unpaired) electrons. The topological polar surface area (TPSA) is 36.4 Å². The molecule has 2 aromatic rings. The zero-order valence-electron chi connectivity index (χ0n) is 12.2. The van der Waals surface area contributed by atoms with E-state index in [4.69, 9.17) is 0 Å². The Kier molecular flexibility index (Phi) is 3.62. The quantitative estimate of drug-likeness (QED) is 0.910. The first-order valence-electron chi connectivity index (χ1n) is 7.43. The molecule has 1 aliphatic rings. The molecule has 1 aromatic carbocycles. The fraction of sp³-hybridized carbons (Fsp3) is 0.471. The van der Waals surface area contributed by atoms with Crippen molar-refractivity contribution in [3.05, 3.63) is 36.0 Å². The molecule has 3 rings (SSSR count). The largest absolute Gasteiger partial charge is 0.390 e. The third-order valence-electron chi connectivity index (χ3n) is 4.58. The minimum Gasteiger partial charge on any atom is -0.390 e. The predicted molar refractivity (Wildman–Crippen MR) is 82.8 cm³/mol. The first-order valence-corrected chi connectivity index (χ1v) is 7.43. The van der Waals surface area contributed by atoms with Gasteiger partial charge >= 0.3 is 0 Å². The van der Waals surface area contributed by atoms with Crippen molar-refractivity contribution in [3.63, 3.8) is 0 Å². The molecule has 1 aliphatic heterocycles. The fourth-order valence-electron chi connectivity index (χ4n) is 3.03. The molecule has 0 saturated carbocycles. The van der Waals surface area contributed by atoms with Gasteiger partial charge in [-0.1, -0.05) is 32.0 Å². The second-order valence-electron chi connectivity index (χ2n) is 6.00. The molecule has 2 heterocycles. The number of hydrogen-bond donors (Lipinski definition) is 1. The van der Waals surface area contributed by atoms with Crippen molar-refractivity contribution in [1.29, 1.82) is 0 Å². The number of fused-ring (bicyclic) bond motifs is 1. The van der Waals surface area contributed by atoms with Gasteiger partial charge in [-0.05, 0) is 30.4 Å². The van der Waals surface area contributed by atoms with Crippen molar-refractivity contribution in [2.75, 3.05) is 18.0 Å². The Morgan fingerprint density at radius 3 is 2.80 bits per heavy atom. The van der Waals surface area contributed by atoms with Crippen LogP contribution < -0.4 is 4.90 Å². The highest BCUT2D eigenvalue weighted by Gasteiger charge is 2.24. The third-order valence-corrected chi connectivity index (χ3v) is 4.58. The second kappa shape index (κ2) is 5.41. The first kappa shape index (κ1) is 13.4. The summed E-state index contributed by atoms with van der Waals surface area (Å²) < 4.78 is 0. The van der Waals surface area contributed by atoms with E-state index in [0.29, 0.717) is 5.92 Å². The van der Waals surface area contributed by atoms with Gasteiger partial charge in [-0.25, -0.2) is 0 Å². The number of aliphatic hydroxyl groups is 1. The van der Waals surface area contributed by atoms with E-state index in [1.54, 1.807) is 0 Å². The second-order valence-corrected chi connectivity index (χ2v) is 6.00. The summed E-state index contributed by atoms with van der Waals surface area (Å²) in [5.74, 6) is 1.49. The van der Waals surface area contributed by atoms with E-state index < -0.39 is 0 Å². The smallest absolute Gasteiger partial charge is 0.0854 e. The summed E-state index contributed by atoms with van der Waals surface area (Å²) in [6, 6.07) is 10.3. The van der Waals surface area contributed by atoms with E-state index in [1.807, 2.05) is 18.2 Å². The van der Waals surface area contributed by atoms with E-state index in [-0.39, 0.29) is 6.61 Å². The van der Waals surface area contributed by atoms with Crippen LogP contribution in [0.1, 0.15) is 26.0 Å². The van der Waals surface area contributed by atoms with Crippen LogP contribution in [0.15, 0.2) is 30.3 Å². The average Bonchev–Trinajstić information content (AvgIpc) is 2.49. The van der Waals surface area contributed by atoms with Gasteiger partial charge in [0.25, 0.3) is 0 Å². The number of anilines is 1. The molecule has 2 unspecified atom stereocenters. The van der Waals surface area contributed by atoms with Crippen molar-refractivity contribution in [2.45, 2.75) is 26.9 Å². The molecule has 1 aromatic heterocycles. The van der Waals surface area contributed by atoms with Gasteiger partial charge < -0.3 is 10.0 Å². The Hall–Kier alpha value is -1.61.